The van der Waals surface area contributed by atoms with E-state index in [0.29, 0.717) is 5.92 Å². The van der Waals surface area contributed by atoms with E-state index in [0.717, 1.165) is 46.4 Å². The first-order valence-corrected chi connectivity index (χ1v) is 10.1. The second kappa shape index (κ2) is 8.14. The first kappa shape index (κ1) is 17.5. The Balaban J connectivity index is 1.67. The first-order chi connectivity index (χ1) is 11.6. The van der Waals surface area contributed by atoms with Gasteiger partial charge in [0.2, 0.25) is 0 Å². The van der Waals surface area contributed by atoms with E-state index in [1.165, 1.54) is 0 Å². The van der Waals surface area contributed by atoms with Gasteiger partial charge in [0, 0.05) is 22.1 Å². The average Bonchev–Trinajstić information content (AvgIpc) is 3.01. The highest BCUT2D eigenvalue weighted by molar-refractivity contribution is 7.98. The minimum absolute atomic E-state index is 0.0336. The molecular weight excluding hydrogens is 338 g/mol. The van der Waals surface area contributed by atoms with Gasteiger partial charge >= 0.3 is 0 Å². The van der Waals surface area contributed by atoms with Crippen molar-refractivity contribution in [2.75, 3.05) is 13.1 Å². The van der Waals surface area contributed by atoms with Crippen LogP contribution in [0.4, 0.5) is 0 Å². The Hall–Kier alpha value is -1.37. The molecule has 3 rings (SSSR count). The van der Waals surface area contributed by atoms with Crippen molar-refractivity contribution in [3.05, 3.63) is 45.9 Å². The Morgan fingerprint density at radius 1 is 1.46 bits per heavy atom. The Labute approximate surface area is 151 Å². The minimum atomic E-state index is 0.0336. The normalized spacial score (nSPS) is 20.8. The molecule has 1 aromatic carbocycles. The van der Waals surface area contributed by atoms with Gasteiger partial charge in [0.15, 0.2) is 0 Å². The number of carbonyl (C=O) groups excluding carboxylic acids is 1. The first-order valence-electron chi connectivity index (χ1n) is 8.28. The van der Waals surface area contributed by atoms with Gasteiger partial charge in [-0.25, -0.2) is 4.98 Å². The van der Waals surface area contributed by atoms with E-state index in [9.17, 15) is 4.79 Å². The molecule has 1 aliphatic heterocycles. The van der Waals surface area contributed by atoms with Gasteiger partial charge in [-0.2, -0.15) is 0 Å². The highest BCUT2D eigenvalue weighted by Crippen LogP contribution is 2.27. The molecule has 4 nitrogen and oxygen atoms in total. The number of benzene rings is 1. The predicted octanol–water partition coefficient (Wildman–Crippen LogP) is 3.47. The van der Waals surface area contributed by atoms with Crippen molar-refractivity contribution < 1.29 is 4.79 Å². The van der Waals surface area contributed by atoms with Crippen LogP contribution < -0.4 is 10.6 Å². The van der Waals surface area contributed by atoms with E-state index < -0.39 is 0 Å². The highest BCUT2D eigenvalue weighted by atomic mass is 32.2. The zero-order chi connectivity index (χ0) is 16.9. The fourth-order valence-electron chi connectivity index (χ4n) is 2.88. The summed E-state index contributed by atoms with van der Waals surface area (Å²) >= 11 is 3.34. The Kier molecular flexibility index (Phi) is 5.92. The quantitative estimate of drug-likeness (QED) is 0.801. The van der Waals surface area contributed by atoms with E-state index >= 15 is 0 Å². The molecule has 2 heterocycles. The van der Waals surface area contributed by atoms with Crippen molar-refractivity contribution in [3.63, 3.8) is 0 Å². The summed E-state index contributed by atoms with van der Waals surface area (Å²) in [5, 5.41) is 9.75. The number of aromatic nitrogens is 1. The van der Waals surface area contributed by atoms with Crippen LogP contribution >= 0.6 is 23.1 Å². The van der Waals surface area contributed by atoms with Crippen molar-refractivity contribution in [2.24, 2.45) is 5.92 Å². The number of thioether (sulfide) groups is 1. The molecule has 24 heavy (non-hydrogen) atoms. The summed E-state index contributed by atoms with van der Waals surface area (Å²) in [6, 6.07) is 8.09. The maximum atomic E-state index is 12.7. The molecule has 2 unspecified atom stereocenters. The molecule has 0 spiro atoms. The van der Waals surface area contributed by atoms with Crippen LogP contribution in [0.5, 0.6) is 0 Å². The summed E-state index contributed by atoms with van der Waals surface area (Å²) < 4.78 is 0. The van der Waals surface area contributed by atoms with Gasteiger partial charge in [-0.05, 0) is 44.5 Å². The molecule has 1 amide bonds. The molecule has 1 fully saturated rings. The van der Waals surface area contributed by atoms with Crippen LogP contribution in [0.2, 0.25) is 0 Å². The standard InChI is InChI=1S/C18H23N3OS2/c1-12-9-19-8-7-16(12)21-18(22)15-5-3-4-6-17(15)24-11-14-10-23-13(2)20-14/h3-6,10,12,16,19H,7-9,11H2,1-2H3,(H,21,22). The van der Waals surface area contributed by atoms with Crippen LogP contribution in [0.25, 0.3) is 0 Å². The Bertz CT molecular complexity index is 701. The van der Waals surface area contributed by atoms with Crippen molar-refractivity contribution in [1.29, 1.82) is 0 Å². The number of nitrogens with zero attached hydrogens (tertiary/aromatic N) is 1. The molecule has 1 aliphatic rings. The third-order valence-corrected chi connectivity index (χ3v) is 6.21. The van der Waals surface area contributed by atoms with Crippen LogP contribution in [0.3, 0.4) is 0 Å². The number of nitrogens with one attached hydrogen (secondary N) is 2. The smallest absolute Gasteiger partial charge is 0.252 e. The second-order valence-electron chi connectivity index (χ2n) is 6.19. The Morgan fingerprint density at radius 3 is 3.04 bits per heavy atom. The Morgan fingerprint density at radius 2 is 2.29 bits per heavy atom. The third-order valence-electron chi connectivity index (χ3n) is 4.28. The zero-order valence-electron chi connectivity index (χ0n) is 14.0. The molecule has 0 aliphatic carbocycles. The van der Waals surface area contributed by atoms with Crippen LogP contribution in [-0.2, 0) is 5.75 Å². The molecular formula is C18H23N3OS2. The van der Waals surface area contributed by atoms with E-state index in [4.69, 9.17) is 0 Å². The summed E-state index contributed by atoms with van der Waals surface area (Å²) in [5.41, 5.74) is 1.84. The SMILES string of the molecule is Cc1nc(CSc2ccccc2C(=O)NC2CCNCC2C)cs1. The number of thiazole rings is 1. The minimum Gasteiger partial charge on any atom is -0.349 e. The van der Waals surface area contributed by atoms with Gasteiger partial charge in [-0.1, -0.05) is 19.1 Å². The number of hydrogen-bond donors (Lipinski definition) is 2. The van der Waals surface area contributed by atoms with Gasteiger partial charge in [0.1, 0.15) is 0 Å². The summed E-state index contributed by atoms with van der Waals surface area (Å²) in [4.78, 5) is 18.2. The number of hydrogen-bond acceptors (Lipinski definition) is 5. The molecule has 6 heteroatoms. The molecule has 2 atom stereocenters. The lowest BCUT2D eigenvalue weighted by molar-refractivity contribution is 0.0911. The summed E-state index contributed by atoms with van der Waals surface area (Å²) in [5.74, 6) is 1.28. The van der Waals surface area contributed by atoms with E-state index in [2.05, 4.69) is 27.9 Å². The van der Waals surface area contributed by atoms with Crippen LogP contribution in [0.1, 0.15) is 34.4 Å². The maximum absolute atomic E-state index is 12.7. The number of amides is 1. The molecule has 1 saturated heterocycles. The summed E-state index contributed by atoms with van der Waals surface area (Å²) in [6.07, 6.45) is 0.986. The van der Waals surface area contributed by atoms with E-state index in [-0.39, 0.29) is 11.9 Å². The molecule has 2 N–H and O–H groups in total. The lowest BCUT2D eigenvalue weighted by Crippen LogP contribution is -2.48. The molecule has 2 aromatic rings. The maximum Gasteiger partial charge on any atom is 0.252 e. The van der Waals surface area contributed by atoms with Crippen molar-refractivity contribution in [3.8, 4) is 0 Å². The van der Waals surface area contributed by atoms with Crippen LogP contribution in [0.15, 0.2) is 34.5 Å². The lowest BCUT2D eigenvalue weighted by atomic mass is 9.95. The molecule has 1 aromatic heterocycles. The van der Waals surface area contributed by atoms with Crippen molar-refractivity contribution in [2.45, 2.75) is 37.0 Å². The lowest BCUT2D eigenvalue weighted by Gasteiger charge is -2.30. The number of rotatable bonds is 5. The fraction of sp³-hybridized carbons (Fsp3) is 0.444. The highest BCUT2D eigenvalue weighted by Gasteiger charge is 2.24. The van der Waals surface area contributed by atoms with E-state index in [1.54, 1.807) is 23.1 Å². The number of carbonyl (C=O) groups is 1. The van der Waals surface area contributed by atoms with E-state index in [1.807, 2.05) is 31.2 Å². The zero-order valence-corrected chi connectivity index (χ0v) is 15.7. The van der Waals surface area contributed by atoms with Gasteiger partial charge in [0.25, 0.3) is 5.91 Å². The van der Waals surface area contributed by atoms with Gasteiger partial charge in [-0.3, -0.25) is 4.79 Å². The fourth-order valence-corrected chi connectivity index (χ4v) is 4.54. The van der Waals surface area contributed by atoms with Crippen molar-refractivity contribution in [1.82, 2.24) is 15.6 Å². The van der Waals surface area contributed by atoms with Crippen LogP contribution in [-0.4, -0.2) is 30.0 Å². The molecule has 0 bridgehead atoms. The van der Waals surface area contributed by atoms with Gasteiger partial charge < -0.3 is 10.6 Å². The topological polar surface area (TPSA) is 54.0 Å². The van der Waals surface area contributed by atoms with Gasteiger partial charge in [0.05, 0.1) is 16.3 Å². The largest absolute Gasteiger partial charge is 0.349 e. The number of piperidine rings is 1. The monoisotopic (exact) mass is 361 g/mol. The summed E-state index contributed by atoms with van der Waals surface area (Å²) in [7, 11) is 0. The second-order valence-corrected chi connectivity index (χ2v) is 8.27. The van der Waals surface area contributed by atoms with Gasteiger partial charge in [-0.15, -0.1) is 23.1 Å². The summed E-state index contributed by atoms with van der Waals surface area (Å²) in [6.45, 7) is 6.13. The van der Waals surface area contributed by atoms with Crippen LogP contribution in [0, 0.1) is 12.8 Å². The molecule has 0 radical (unpaired) electrons. The molecule has 0 saturated carbocycles. The third kappa shape index (κ3) is 4.37. The molecule has 128 valence electrons. The van der Waals surface area contributed by atoms with Crippen molar-refractivity contribution >= 4 is 29.0 Å². The average molecular weight is 362 g/mol. The number of aryl methyl sites for hydroxylation is 1. The predicted molar refractivity (Wildman–Crippen MR) is 101 cm³/mol.